The molecule has 0 saturated carbocycles. The van der Waals surface area contributed by atoms with E-state index in [2.05, 4.69) is 0 Å². The highest BCUT2D eigenvalue weighted by Crippen LogP contribution is 2.36. The van der Waals surface area contributed by atoms with Crippen LogP contribution < -0.4 is 4.90 Å². The number of aryl methyl sites for hydroxylation is 1. The molecule has 8 nitrogen and oxygen atoms in total. The van der Waals surface area contributed by atoms with Gasteiger partial charge in [0.05, 0.1) is 32.2 Å². The largest absolute Gasteiger partial charge is 0.506 e. The number of rotatable bonds is 4. The van der Waals surface area contributed by atoms with Crippen molar-refractivity contribution < 1.29 is 33.0 Å². The zero-order valence-electron chi connectivity index (χ0n) is 16.1. The Labute approximate surface area is 176 Å². The number of aromatic carboxylic acids is 1. The predicted molar refractivity (Wildman–Crippen MR) is 109 cm³/mol. The molecule has 156 valence electrons. The number of benzene rings is 3. The number of anilines is 1. The van der Waals surface area contributed by atoms with Crippen LogP contribution in [0.1, 0.15) is 36.6 Å². The molecule has 2 amide bonds. The smallest absolute Gasteiger partial charge is 0.335 e. The van der Waals surface area contributed by atoms with Gasteiger partial charge < -0.3 is 10.2 Å². The van der Waals surface area contributed by atoms with Gasteiger partial charge in [0, 0.05) is 0 Å². The quantitative estimate of drug-likeness (QED) is 0.600. The SMILES string of the molecule is Cc1ccc(O)c(N2C(=O)c3ccc(S(=O)(=O)c4ccc(C(=O)O)cc4)cc3C2=O)c1. The van der Waals surface area contributed by atoms with Crippen LogP contribution in [0.15, 0.2) is 70.5 Å². The summed E-state index contributed by atoms with van der Waals surface area (Å²) < 4.78 is 25.9. The fourth-order valence-electron chi connectivity index (χ4n) is 3.33. The van der Waals surface area contributed by atoms with Crippen molar-refractivity contribution in [2.45, 2.75) is 16.7 Å². The number of phenolic OH excluding ortho intramolecular Hbond substituents is 1. The van der Waals surface area contributed by atoms with Crippen LogP contribution in [0.2, 0.25) is 0 Å². The van der Waals surface area contributed by atoms with Crippen LogP contribution in [0.25, 0.3) is 0 Å². The lowest BCUT2D eigenvalue weighted by molar-refractivity contribution is 0.0696. The van der Waals surface area contributed by atoms with Crippen molar-refractivity contribution in [1.29, 1.82) is 0 Å². The van der Waals surface area contributed by atoms with Gasteiger partial charge in [-0.1, -0.05) is 6.07 Å². The van der Waals surface area contributed by atoms with Gasteiger partial charge in [-0.05, 0) is 67.1 Å². The Balaban J connectivity index is 1.76. The number of carboxylic acids is 1. The third kappa shape index (κ3) is 3.24. The van der Waals surface area contributed by atoms with Gasteiger partial charge in [0.1, 0.15) is 5.75 Å². The highest BCUT2D eigenvalue weighted by molar-refractivity contribution is 7.91. The van der Waals surface area contributed by atoms with Crippen LogP contribution in [-0.4, -0.2) is 36.4 Å². The van der Waals surface area contributed by atoms with Crippen molar-refractivity contribution in [1.82, 2.24) is 0 Å². The molecule has 0 unspecified atom stereocenters. The van der Waals surface area contributed by atoms with Crippen LogP contribution in [0.3, 0.4) is 0 Å². The molecular formula is C22H15NO7S. The van der Waals surface area contributed by atoms with E-state index in [1.807, 2.05) is 0 Å². The van der Waals surface area contributed by atoms with Gasteiger partial charge >= 0.3 is 5.97 Å². The molecule has 0 saturated heterocycles. The second kappa shape index (κ2) is 7.06. The van der Waals surface area contributed by atoms with Crippen LogP contribution >= 0.6 is 0 Å². The number of carbonyl (C=O) groups excluding carboxylic acids is 2. The number of aromatic hydroxyl groups is 1. The molecule has 3 aromatic carbocycles. The summed E-state index contributed by atoms with van der Waals surface area (Å²) >= 11 is 0. The maximum absolute atomic E-state index is 13.0. The molecule has 0 radical (unpaired) electrons. The van der Waals surface area contributed by atoms with Crippen molar-refractivity contribution in [3.63, 3.8) is 0 Å². The van der Waals surface area contributed by atoms with E-state index in [1.54, 1.807) is 13.0 Å². The van der Waals surface area contributed by atoms with Crippen molar-refractivity contribution in [2.75, 3.05) is 4.90 Å². The summed E-state index contributed by atoms with van der Waals surface area (Å²) in [6.45, 7) is 1.74. The van der Waals surface area contributed by atoms with Crippen LogP contribution in [0, 0.1) is 6.92 Å². The normalized spacial score (nSPS) is 13.4. The average molecular weight is 437 g/mol. The number of amides is 2. The Kier molecular flexibility index (Phi) is 4.63. The number of carboxylic acid groups (broad SMARTS) is 1. The first-order valence-electron chi connectivity index (χ1n) is 9.02. The maximum atomic E-state index is 13.0. The van der Waals surface area contributed by atoms with E-state index in [1.165, 1.54) is 36.4 Å². The zero-order chi connectivity index (χ0) is 22.5. The summed E-state index contributed by atoms with van der Waals surface area (Å²) in [4.78, 5) is 37.2. The van der Waals surface area contributed by atoms with Crippen LogP contribution in [-0.2, 0) is 9.84 Å². The fraction of sp³-hybridized carbons (Fsp3) is 0.0455. The van der Waals surface area contributed by atoms with Gasteiger partial charge in [0.25, 0.3) is 11.8 Å². The Morgan fingerprint density at radius 1 is 0.839 bits per heavy atom. The molecule has 1 aliphatic rings. The second-order valence-electron chi connectivity index (χ2n) is 6.98. The molecule has 3 aromatic rings. The van der Waals surface area contributed by atoms with E-state index < -0.39 is 27.6 Å². The van der Waals surface area contributed by atoms with Gasteiger partial charge in [0.2, 0.25) is 9.84 Å². The van der Waals surface area contributed by atoms with E-state index in [4.69, 9.17) is 5.11 Å². The highest BCUT2D eigenvalue weighted by Gasteiger charge is 2.39. The molecule has 1 aliphatic heterocycles. The topological polar surface area (TPSA) is 129 Å². The number of sulfone groups is 1. The molecule has 0 aliphatic carbocycles. The van der Waals surface area contributed by atoms with Gasteiger partial charge in [-0.15, -0.1) is 0 Å². The molecule has 31 heavy (non-hydrogen) atoms. The molecule has 0 bridgehead atoms. The Morgan fingerprint density at radius 2 is 1.45 bits per heavy atom. The molecular weight excluding hydrogens is 422 g/mol. The number of fused-ring (bicyclic) bond motifs is 1. The lowest BCUT2D eigenvalue weighted by Crippen LogP contribution is -2.29. The van der Waals surface area contributed by atoms with Gasteiger partial charge in [-0.3, -0.25) is 9.59 Å². The molecule has 0 atom stereocenters. The van der Waals surface area contributed by atoms with Gasteiger partial charge in [0.15, 0.2) is 0 Å². The first kappa shape index (κ1) is 20.3. The molecule has 9 heteroatoms. The van der Waals surface area contributed by atoms with Gasteiger partial charge in [-0.25, -0.2) is 18.1 Å². The molecule has 0 aromatic heterocycles. The fourth-order valence-corrected chi connectivity index (χ4v) is 4.62. The standard InChI is InChI=1S/C22H15NO7S/c1-12-2-9-19(24)18(10-12)23-20(25)16-8-7-15(11-17(16)21(23)26)31(29,30)14-5-3-13(4-6-14)22(27)28/h2-11,24H,1H3,(H,27,28). The number of phenols is 1. The summed E-state index contributed by atoms with van der Waals surface area (Å²) in [5, 5.41) is 19.1. The molecule has 4 rings (SSSR count). The predicted octanol–water partition coefficient (Wildman–Crippen LogP) is 3.03. The Hall–Kier alpha value is -3.98. The number of imide groups is 1. The minimum atomic E-state index is -4.07. The van der Waals surface area contributed by atoms with Crippen molar-refractivity contribution in [3.05, 3.63) is 82.9 Å². The number of carbonyl (C=O) groups is 3. The van der Waals surface area contributed by atoms with E-state index in [9.17, 15) is 27.9 Å². The molecule has 0 spiro atoms. The second-order valence-corrected chi connectivity index (χ2v) is 8.93. The van der Waals surface area contributed by atoms with E-state index in [0.29, 0.717) is 0 Å². The first-order valence-corrected chi connectivity index (χ1v) is 10.5. The summed E-state index contributed by atoms with van der Waals surface area (Å²) in [5.41, 5.74) is 0.583. The van der Waals surface area contributed by atoms with Crippen LogP contribution in [0.4, 0.5) is 5.69 Å². The van der Waals surface area contributed by atoms with Crippen molar-refractivity contribution in [2.24, 2.45) is 0 Å². The van der Waals surface area contributed by atoms with E-state index >= 15 is 0 Å². The third-order valence-corrected chi connectivity index (χ3v) is 6.72. The summed E-state index contributed by atoms with van der Waals surface area (Å²) in [7, 11) is -4.07. The summed E-state index contributed by atoms with van der Waals surface area (Å²) in [6, 6.07) is 12.7. The highest BCUT2D eigenvalue weighted by atomic mass is 32.2. The average Bonchev–Trinajstić information content (AvgIpc) is 2.99. The lowest BCUT2D eigenvalue weighted by Gasteiger charge is -2.15. The minimum absolute atomic E-state index is 0.0138. The summed E-state index contributed by atoms with van der Waals surface area (Å²) in [6.07, 6.45) is 0. The summed E-state index contributed by atoms with van der Waals surface area (Å²) in [5.74, 6) is -2.87. The number of hydrogen-bond donors (Lipinski definition) is 2. The van der Waals surface area contributed by atoms with E-state index in [-0.39, 0.29) is 37.9 Å². The molecule has 1 heterocycles. The molecule has 0 fully saturated rings. The molecule has 2 N–H and O–H groups in total. The van der Waals surface area contributed by atoms with Crippen molar-refractivity contribution >= 4 is 33.3 Å². The monoisotopic (exact) mass is 437 g/mol. The number of nitrogens with zero attached hydrogens (tertiary/aromatic N) is 1. The third-order valence-electron chi connectivity index (χ3n) is 4.95. The van der Waals surface area contributed by atoms with Gasteiger partial charge in [-0.2, -0.15) is 0 Å². The zero-order valence-corrected chi connectivity index (χ0v) is 16.9. The lowest BCUT2D eigenvalue weighted by atomic mass is 10.1. The van der Waals surface area contributed by atoms with Crippen LogP contribution in [0.5, 0.6) is 5.75 Å². The van der Waals surface area contributed by atoms with Crippen molar-refractivity contribution in [3.8, 4) is 5.75 Å². The Bertz CT molecular complexity index is 1380. The Morgan fingerprint density at radius 3 is 2.10 bits per heavy atom. The minimum Gasteiger partial charge on any atom is -0.506 e. The number of hydrogen-bond acceptors (Lipinski definition) is 6. The maximum Gasteiger partial charge on any atom is 0.335 e. The van der Waals surface area contributed by atoms with E-state index in [0.717, 1.165) is 28.7 Å². The first-order chi connectivity index (χ1) is 14.6.